The Hall–Kier alpha value is -1.30. The maximum absolute atomic E-state index is 11.9. The molecular weight excluding hydrogens is 414 g/mol. The van der Waals surface area contributed by atoms with Crippen LogP contribution in [0.3, 0.4) is 0 Å². The average Bonchev–Trinajstić information content (AvgIpc) is 3.07. The first-order chi connectivity index (χ1) is 15.6. The summed E-state index contributed by atoms with van der Waals surface area (Å²) in [5.74, 6) is 1.68. The lowest BCUT2D eigenvalue weighted by atomic mass is 9.53. The number of phenolic OH excluding ortho intramolecular Hbond substituents is 1. The van der Waals surface area contributed by atoms with Gasteiger partial charge in [-0.2, -0.15) is 0 Å². The Balaban J connectivity index is 0.000000325. The summed E-state index contributed by atoms with van der Waals surface area (Å²) in [6.45, 7) is 12.6. The van der Waals surface area contributed by atoms with Crippen LogP contribution in [0.25, 0.3) is 0 Å². The van der Waals surface area contributed by atoms with E-state index in [-0.39, 0.29) is 28.9 Å². The second kappa shape index (κ2) is 9.05. The molecule has 1 saturated carbocycles. The largest absolute Gasteiger partial charge is 0.504 e. The highest BCUT2D eigenvalue weighted by molar-refractivity contribution is 5.61. The van der Waals surface area contributed by atoms with Crippen LogP contribution >= 0.6 is 0 Å². The number of ether oxygens (including phenoxy) is 2. The Morgan fingerprint density at radius 3 is 2.52 bits per heavy atom. The highest BCUT2D eigenvalue weighted by Gasteiger charge is 2.67. The van der Waals surface area contributed by atoms with Gasteiger partial charge in [0, 0.05) is 25.3 Å². The number of hydrogen-bond acceptors (Lipinski definition) is 5. The van der Waals surface area contributed by atoms with Gasteiger partial charge in [0.2, 0.25) is 0 Å². The molecule has 4 aliphatic rings. The third kappa shape index (κ3) is 3.98. The Kier molecular flexibility index (Phi) is 6.81. The fraction of sp³-hybridized carbons (Fsp3) is 0.786. The van der Waals surface area contributed by atoms with E-state index in [1.807, 2.05) is 6.92 Å². The maximum atomic E-state index is 11.9. The average molecular weight is 460 g/mol. The molecule has 1 saturated heterocycles. The zero-order valence-electron chi connectivity index (χ0n) is 21.6. The van der Waals surface area contributed by atoms with Gasteiger partial charge >= 0.3 is 0 Å². The van der Waals surface area contributed by atoms with E-state index in [2.05, 4.69) is 38.7 Å². The lowest BCUT2D eigenvalue weighted by Gasteiger charge is -2.60. The van der Waals surface area contributed by atoms with E-state index in [0.29, 0.717) is 5.75 Å². The van der Waals surface area contributed by atoms with Crippen molar-refractivity contribution in [1.82, 2.24) is 4.90 Å². The molecule has 1 spiro atoms. The molecule has 5 rings (SSSR count). The normalized spacial score (nSPS) is 32.9. The second-order valence-electron chi connectivity index (χ2n) is 11.5. The van der Waals surface area contributed by atoms with Gasteiger partial charge in [-0.1, -0.05) is 32.8 Å². The van der Waals surface area contributed by atoms with Gasteiger partial charge in [0.1, 0.15) is 6.10 Å². The first kappa shape index (κ1) is 24.8. The van der Waals surface area contributed by atoms with Crippen molar-refractivity contribution in [3.05, 3.63) is 23.3 Å². The molecule has 33 heavy (non-hydrogen) atoms. The molecule has 4 unspecified atom stereocenters. The molecule has 0 aromatic heterocycles. The molecular formula is C28H45NO4. The van der Waals surface area contributed by atoms with Crippen LogP contribution in [0, 0.1) is 5.92 Å². The monoisotopic (exact) mass is 459 g/mol. The third-order valence-electron chi connectivity index (χ3n) is 9.35. The fourth-order valence-electron chi connectivity index (χ4n) is 6.51. The van der Waals surface area contributed by atoms with E-state index in [1.54, 1.807) is 13.2 Å². The molecule has 2 bridgehead atoms. The molecule has 186 valence electrons. The van der Waals surface area contributed by atoms with E-state index >= 15 is 0 Å². The van der Waals surface area contributed by atoms with Gasteiger partial charge < -0.3 is 19.7 Å². The van der Waals surface area contributed by atoms with Crippen LogP contribution in [-0.2, 0) is 16.6 Å². The molecule has 4 atom stereocenters. The van der Waals surface area contributed by atoms with Crippen molar-refractivity contribution in [2.75, 3.05) is 20.2 Å². The molecule has 2 aliphatic heterocycles. The van der Waals surface area contributed by atoms with Crippen molar-refractivity contribution < 1.29 is 19.7 Å². The molecule has 2 fully saturated rings. The van der Waals surface area contributed by atoms with Crippen LogP contribution in [0.15, 0.2) is 12.1 Å². The third-order valence-corrected chi connectivity index (χ3v) is 9.35. The second-order valence-corrected chi connectivity index (χ2v) is 11.5. The molecule has 2 N–H and O–H groups in total. The summed E-state index contributed by atoms with van der Waals surface area (Å²) >= 11 is 0. The first-order valence-corrected chi connectivity index (χ1v) is 13.1. The van der Waals surface area contributed by atoms with Crippen LogP contribution in [0.5, 0.6) is 11.5 Å². The predicted molar refractivity (Wildman–Crippen MR) is 132 cm³/mol. The van der Waals surface area contributed by atoms with E-state index in [0.717, 1.165) is 56.7 Å². The highest BCUT2D eigenvalue weighted by atomic mass is 16.5. The number of nitrogens with zero attached hydrogens (tertiary/aromatic N) is 1. The standard InChI is InChI=1S/C22H31NO3.C6H14O/c1-3-5-18-22-10-11-23(13-14-6-4-7-14)17(21(22,2)25)12-15-8-9-16(24)20(26-18)19(15)22;1-5-6(2,3)7-4/h8-9,14,17-18,24-25H,3-7,10-13H2,1-2H3;5H2,1-4H3. The molecule has 5 nitrogen and oxygen atoms in total. The van der Waals surface area contributed by atoms with Crippen molar-refractivity contribution in [2.24, 2.45) is 5.92 Å². The molecule has 0 radical (unpaired) electrons. The zero-order valence-corrected chi connectivity index (χ0v) is 21.6. The van der Waals surface area contributed by atoms with Crippen LogP contribution in [0.1, 0.15) is 90.7 Å². The summed E-state index contributed by atoms with van der Waals surface area (Å²) in [4.78, 5) is 2.56. The number of aromatic hydroxyl groups is 1. The number of likely N-dealkylation sites (tertiary alicyclic amines) is 1. The molecule has 0 amide bonds. The number of hydrogen-bond donors (Lipinski definition) is 2. The van der Waals surface area contributed by atoms with Gasteiger partial charge in [-0.3, -0.25) is 4.90 Å². The number of aliphatic hydroxyl groups is 1. The minimum atomic E-state index is -0.832. The van der Waals surface area contributed by atoms with Gasteiger partial charge in [-0.15, -0.1) is 0 Å². The van der Waals surface area contributed by atoms with Crippen LogP contribution in [0.4, 0.5) is 0 Å². The molecule has 2 heterocycles. The number of phenols is 1. The van der Waals surface area contributed by atoms with Gasteiger partial charge in [0.25, 0.3) is 0 Å². The Bertz CT molecular complexity index is 841. The fourth-order valence-corrected chi connectivity index (χ4v) is 6.51. The topological polar surface area (TPSA) is 62.2 Å². The molecule has 1 aromatic rings. The molecule has 2 aliphatic carbocycles. The SMILES string of the molecule is CCC(C)(C)OC.CCCC1Oc2c(O)ccc3c2C12CCN(CC1CCC1)C(C3)C2(C)O. The predicted octanol–water partition coefficient (Wildman–Crippen LogP) is 5.19. The molecule has 5 heteroatoms. The minimum absolute atomic E-state index is 0.0433. The van der Waals surface area contributed by atoms with E-state index in [4.69, 9.17) is 9.47 Å². The van der Waals surface area contributed by atoms with Crippen molar-refractivity contribution in [3.63, 3.8) is 0 Å². The summed E-state index contributed by atoms with van der Waals surface area (Å²) in [5.41, 5.74) is 1.25. The summed E-state index contributed by atoms with van der Waals surface area (Å²) in [5, 5.41) is 22.4. The Morgan fingerprint density at radius 1 is 1.24 bits per heavy atom. The van der Waals surface area contributed by atoms with Gasteiger partial charge in [0.15, 0.2) is 11.5 Å². The summed E-state index contributed by atoms with van der Waals surface area (Å²) in [6.07, 6.45) is 8.77. The van der Waals surface area contributed by atoms with E-state index in [9.17, 15) is 10.2 Å². The quantitative estimate of drug-likeness (QED) is 0.613. The smallest absolute Gasteiger partial charge is 0.165 e. The number of benzene rings is 1. The van der Waals surface area contributed by atoms with Crippen LogP contribution < -0.4 is 4.74 Å². The van der Waals surface area contributed by atoms with Crippen LogP contribution in [-0.4, -0.2) is 58.7 Å². The molecule has 1 aromatic carbocycles. The maximum Gasteiger partial charge on any atom is 0.165 e. The van der Waals surface area contributed by atoms with Gasteiger partial charge in [-0.05, 0) is 83.4 Å². The number of piperidine rings is 1. The van der Waals surface area contributed by atoms with Crippen molar-refractivity contribution in [3.8, 4) is 11.5 Å². The lowest BCUT2D eigenvalue weighted by Crippen LogP contribution is -2.73. The Morgan fingerprint density at radius 2 is 1.97 bits per heavy atom. The van der Waals surface area contributed by atoms with Gasteiger partial charge in [0.05, 0.1) is 16.6 Å². The van der Waals surface area contributed by atoms with Crippen LogP contribution in [0.2, 0.25) is 0 Å². The highest BCUT2D eigenvalue weighted by Crippen LogP contribution is 2.62. The van der Waals surface area contributed by atoms with E-state index in [1.165, 1.54) is 24.8 Å². The van der Waals surface area contributed by atoms with Gasteiger partial charge in [-0.25, -0.2) is 0 Å². The van der Waals surface area contributed by atoms with Crippen molar-refractivity contribution in [2.45, 2.75) is 115 Å². The minimum Gasteiger partial charge on any atom is -0.504 e. The van der Waals surface area contributed by atoms with Crippen molar-refractivity contribution in [1.29, 1.82) is 0 Å². The number of rotatable bonds is 6. The number of fused-ring (bicyclic) bond motifs is 1. The van der Waals surface area contributed by atoms with E-state index < -0.39 is 5.60 Å². The lowest BCUT2D eigenvalue weighted by molar-refractivity contribution is -0.158. The summed E-state index contributed by atoms with van der Waals surface area (Å²) in [7, 11) is 1.74. The first-order valence-electron chi connectivity index (χ1n) is 13.1. The Labute approximate surface area is 200 Å². The summed E-state index contributed by atoms with van der Waals surface area (Å²) in [6, 6.07) is 3.99. The number of methoxy groups -OCH3 is 1. The van der Waals surface area contributed by atoms with Crippen molar-refractivity contribution >= 4 is 0 Å². The zero-order chi connectivity index (χ0) is 24.0. The summed E-state index contributed by atoms with van der Waals surface area (Å²) < 4.78 is 11.4.